The van der Waals surface area contributed by atoms with E-state index in [4.69, 9.17) is 0 Å². The molecular formula is C36H40FN3O4S. The number of benzene rings is 4. The minimum absolute atomic E-state index is 0.0263. The Bertz CT molecular complexity index is 1710. The van der Waals surface area contributed by atoms with Crippen LogP contribution in [0.25, 0.3) is 0 Å². The normalized spacial score (nSPS) is 11.9. The van der Waals surface area contributed by atoms with E-state index in [1.807, 2.05) is 64.1 Å². The van der Waals surface area contributed by atoms with E-state index < -0.39 is 34.3 Å². The summed E-state index contributed by atoms with van der Waals surface area (Å²) in [6.45, 7) is 7.45. The fraction of sp³-hybridized carbons (Fsp3) is 0.278. The number of aryl methyl sites for hydroxylation is 3. The van der Waals surface area contributed by atoms with Gasteiger partial charge < -0.3 is 10.2 Å². The van der Waals surface area contributed by atoms with E-state index in [1.165, 1.54) is 29.2 Å². The predicted octanol–water partition coefficient (Wildman–Crippen LogP) is 6.11. The summed E-state index contributed by atoms with van der Waals surface area (Å²) >= 11 is 0. The van der Waals surface area contributed by atoms with Crippen LogP contribution in [0, 0.1) is 26.6 Å². The van der Waals surface area contributed by atoms with E-state index in [9.17, 15) is 22.4 Å². The van der Waals surface area contributed by atoms with E-state index in [0.717, 1.165) is 26.6 Å². The standard InChI is InChI=1S/C36H40FN3O4S/c1-5-21-38-36(42)34(23-29-9-7-6-8-10-29)39(24-30-14-16-31(37)17-15-30)35(41)25-40(32-18-13-27(3)28(4)22-32)45(43,44)33-19-11-26(2)12-20-33/h6-20,22,34H,5,21,23-25H2,1-4H3,(H,38,42)/t34-/m1/s1. The lowest BCUT2D eigenvalue weighted by molar-refractivity contribution is -0.140. The quantitative estimate of drug-likeness (QED) is 0.193. The minimum Gasteiger partial charge on any atom is -0.354 e. The molecule has 9 heteroatoms. The Kier molecular flexibility index (Phi) is 11.1. The van der Waals surface area contributed by atoms with Crippen molar-refractivity contribution in [2.45, 2.75) is 58.0 Å². The lowest BCUT2D eigenvalue weighted by Gasteiger charge is -2.34. The zero-order valence-corrected chi connectivity index (χ0v) is 27.0. The number of carbonyl (C=O) groups excluding carboxylic acids is 2. The van der Waals surface area contributed by atoms with Crippen molar-refractivity contribution < 1.29 is 22.4 Å². The number of carbonyl (C=O) groups is 2. The van der Waals surface area contributed by atoms with E-state index in [1.54, 1.807) is 36.4 Å². The highest BCUT2D eigenvalue weighted by Crippen LogP contribution is 2.27. The fourth-order valence-electron chi connectivity index (χ4n) is 4.95. The third-order valence-corrected chi connectivity index (χ3v) is 9.54. The highest BCUT2D eigenvalue weighted by atomic mass is 32.2. The van der Waals surface area contributed by atoms with Gasteiger partial charge in [0.05, 0.1) is 10.6 Å². The summed E-state index contributed by atoms with van der Waals surface area (Å²) in [6.07, 6.45) is 0.905. The lowest BCUT2D eigenvalue weighted by atomic mass is 10.0. The average molecular weight is 630 g/mol. The van der Waals surface area contributed by atoms with Gasteiger partial charge in [0.2, 0.25) is 11.8 Å². The number of halogens is 1. The number of nitrogens with one attached hydrogen (secondary N) is 1. The van der Waals surface area contributed by atoms with Crippen LogP contribution in [0.3, 0.4) is 0 Å². The number of hydrogen-bond donors (Lipinski definition) is 1. The Morgan fingerprint density at radius 3 is 2.11 bits per heavy atom. The summed E-state index contributed by atoms with van der Waals surface area (Å²) in [6, 6.07) is 25.8. The molecule has 4 aromatic rings. The van der Waals surface area contributed by atoms with Gasteiger partial charge in [-0.25, -0.2) is 12.8 Å². The van der Waals surface area contributed by atoms with E-state index in [2.05, 4.69) is 5.32 Å². The highest BCUT2D eigenvalue weighted by molar-refractivity contribution is 7.92. The van der Waals surface area contributed by atoms with Crippen molar-refractivity contribution in [3.05, 3.63) is 131 Å². The van der Waals surface area contributed by atoms with Gasteiger partial charge in [-0.2, -0.15) is 0 Å². The van der Waals surface area contributed by atoms with Crippen molar-refractivity contribution in [2.24, 2.45) is 0 Å². The molecule has 1 atom stereocenters. The molecule has 0 radical (unpaired) electrons. The largest absolute Gasteiger partial charge is 0.354 e. The van der Waals surface area contributed by atoms with Gasteiger partial charge >= 0.3 is 0 Å². The van der Waals surface area contributed by atoms with E-state index in [-0.39, 0.29) is 23.8 Å². The van der Waals surface area contributed by atoms with Gasteiger partial charge in [0.25, 0.3) is 10.0 Å². The van der Waals surface area contributed by atoms with Gasteiger partial charge in [-0.05, 0) is 85.8 Å². The summed E-state index contributed by atoms with van der Waals surface area (Å²) in [5.74, 6) is -1.35. The molecule has 0 bridgehead atoms. The Morgan fingerprint density at radius 2 is 1.49 bits per heavy atom. The molecular weight excluding hydrogens is 589 g/mol. The average Bonchev–Trinajstić information content (AvgIpc) is 3.03. The Morgan fingerprint density at radius 1 is 0.822 bits per heavy atom. The molecule has 0 aromatic heterocycles. The molecule has 1 N–H and O–H groups in total. The van der Waals surface area contributed by atoms with Gasteiger partial charge in [0.1, 0.15) is 18.4 Å². The van der Waals surface area contributed by atoms with Crippen LogP contribution in [0.15, 0.2) is 102 Å². The molecule has 0 saturated heterocycles. The van der Waals surface area contributed by atoms with E-state index in [0.29, 0.717) is 24.2 Å². The van der Waals surface area contributed by atoms with Gasteiger partial charge in [-0.1, -0.05) is 73.2 Å². The zero-order chi connectivity index (χ0) is 32.6. The number of amides is 2. The molecule has 0 spiro atoms. The first-order chi connectivity index (χ1) is 21.5. The summed E-state index contributed by atoms with van der Waals surface area (Å²) < 4.78 is 43.3. The minimum atomic E-state index is -4.19. The van der Waals surface area contributed by atoms with Gasteiger partial charge in [-0.3, -0.25) is 13.9 Å². The maximum Gasteiger partial charge on any atom is 0.264 e. The lowest BCUT2D eigenvalue weighted by Crippen LogP contribution is -2.53. The maximum atomic E-state index is 14.5. The molecule has 0 aliphatic carbocycles. The second kappa shape index (κ2) is 15.0. The SMILES string of the molecule is CCCNC(=O)[C@@H](Cc1ccccc1)N(Cc1ccc(F)cc1)C(=O)CN(c1ccc(C)c(C)c1)S(=O)(=O)c1ccc(C)cc1. The molecule has 0 fully saturated rings. The topological polar surface area (TPSA) is 86.8 Å². The summed E-state index contributed by atoms with van der Waals surface area (Å²) in [7, 11) is -4.19. The van der Waals surface area contributed by atoms with Crippen molar-refractivity contribution in [1.29, 1.82) is 0 Å². The predicted molar refractivity (Wildman–Crippen MR) is 176 cm³/mol. The molecule has 45 heavy (non-hydrogen) atoms. The molecule has 0 unspecified atom stereocenters. The van der Waals surface area contributed by atoms with Crippen LogP contribution in [0.4, 0.5) is 10.1 Å². The monoisotopic (exact) mass is 629 g/mol. The molecule has 0 saturated carbocycles. The molecule has 0 aliphatic rings. The zero-order valence-electron chi connectivity index (χ0n) is 26.2. The number of nitrogens with zero attached hydrogens (tertiary/aromatic N) is 2. The summed E-state index contributed by atoms with van der Waals surface area (Å²) in [4.78, 5) is 29.6. The van der Waals surface area contributed by atoms with Crippen LogP contribution >= 0.6 is 0 Å². The van der Waals surface area contributed by atoms with E-state index >= 15 is 0 Å². The molecule has 0 heterocycles. The molecule has 236 valence electrons. The third-order valence-electron chi connectivity index (χ3n) is 7.75. The Balaban J connectivity index is 1.81. The number of hydrogen-bond acceptors (Lipinski definition) is 4. The summed E-state index contributed by atoms with van der Waals surface area (Å²) in [5, 5.41) is 2.92. The van der Waals surface area contributed by atoms with Gasteiger partial charge in [-0.15, -0.1) is 0 Å². The first-order valence-corrected chi connectivity index (χ1v) is 16.5. The van der Waals surface area contributed by atoms with Crippen molar-refractivity contribution in [3.8, 4) is 0 Å². The first-order valence-electron chi connectivity index (χ1n) is 15.0. The van der Waals surface area contributed by atoms with Crippen LogP contribution in [-0.4, -0.2) is 44.3 Å². The third kappa shape index (κ3) is 8.57. The highest BCUT2D eigenvalue weighted by Gasteiger charge is 2.34. The number of sulfonamides is 1. The fourth-order valence-corrected chi connectivity index (χ4v) is 6.36. The van der Waals surface area contributed by atoms with Crippen molar-refractivity contribution >= 4 is 27.5 Å². The van der Waals surface area contributed by atoms with Crippen LogP contribution < -0.4 is 9.62 Å². The van der Waals surface area contributed by atoms with Crippen molar-refractivity contribution in [3.63, 3.8) is 0 Å². The second-order valence-electron chi connectivity index (χ2n) is 11.2. The molecule has 7 nitrogen and oxygen atoms in total. The number of anilines is 1. The Labute approximate surface area is 265 Å². The molecule has 0 aliphatic heterocycles. The van der Waals surface area contributed by atoms with Crippen molar-refractivity contribution in [1.82, 2.24) is 10.2 Å². The molecule has 4 aromatic carbocycles. The number of rotatable bonds is 13. The molecule has 2 amide bonds. The maximum absolute atomic E-state index is 14.5. The van der Waals surface area contributed by atoms with Crippen LogP contribution in [0.1, 0.15) is 41.2 Å². The van der Waals surface area contributed by atoms with Crippen LogP contribution in [0.5, 0.6) is 0 Å². The second-order valence-corrected chi connectivity index (χ2v) is 13.1. The van der Waals surface area contributed by atoms with Crippen molar-refractivity contribution in [2.75, 3.05) is 17.4 Å². The van der Waals surface area contributed by atoms with Gasteiger partial charge in [0.15, 0.2) is 0 Å². The van der Waals surface area contributed by atoms with Gasteiger partial charge in [0, 0.05) is 19.5 Å². The molecule has 4 rings (SSSR count). The Hall–Kier alpha value is -4.50. The smallest absolute Gasteiger partial charge is 0.264 e. The van der Waals surface area contributed by atoms with Crippen LogP contribution in [-0.2, 0) is 32.6 Å². The van der Waals surface area contributed by atoms with Crippen LogP contribution in [0.2, 0.25) is 0 Å². The summed E-state index contributed by atoms with van der Waals surface area (Å²) in [5.41, 5.74) is 4.52. The first kappa shape index (κ1) is 33.4.